The minimum absolute atomic E-state index is 0.120. The van der Waals surface area contributed by atoms with E-state index in [1.807, 2.05) is 6.07 Å². The van der Waals surface area contributed by atoms with Crippen molar-refractivity contribution in [3.63, 3.8) is 0 Å². The summed E-state index contributed by atoms with van der Waals surface area (Å²) in [6.45, 7) is 1.73. The van der Waals surface area contributed by atoms with E-state index in [1.165, 1.54) is 7.11 Å². The van der Waals surface area contributed by atoms with Crippen molar-refractivity contribution >= 4 is 21.7 Å². The number of alkyl halides is 1. The summed E-state index contributed by atoms with van der Waals surface area (Å²) >= 11 is 3.19. The monoisotopic (exact) mass is 267 g/mol. The van der Waals surface area contributed by atoms with Gasteiger partial charge in [0.05, 0.1) is 23.6 Å². The third-order valence-electron chi connectivity index (χ3n) is 1.97. The summed E-state index contributed by atoms with van der Waals surface area (Å²) in [5.41, 5.74) is 0.758. The van der Waals surface area contributed by atoms with Gasteiger partial charge in [-0.25, -0.2) is 0 Å². The number of carbonyl (C=O) groups excluding carboxylic acids is 1. The summed E-state index contributed by atoms with van der Waals surface area (Å²) in [6, 6.07) is 6.81. The van der Waals surface area contributed by atoms with Crippen LogP contribution in [-0.2, 0) is 0 Å². The van der Waals surface area contributed by atoms with Crippen LogP contribution in [0.3, 0.4) is 0 Å². The molecule has 1 aromatic rings. The molecule has 0 bridgehead atoms. The molecule has 0 saturated heterocycles. The molecule has 3 nitrogen and oxygen atoms in total. The van der Waals surface area contributed by atoms with Gasteiger partial charge in [0, 0.05) is 5.56 Å². The number of Topliss-reactive ketones (excluding diaryl/α,β-unsaturated/α-hetero) is 1. The summed E-state index contributed by atoms with van der Waals surface area (Å²) in [4.78, 5) is 11.4. The van der Waals surface area contributed by atoms with Crippen LogP contribution in [0.15, 0.2) is 18.2 Å². The number of benzene rings is 1. The molecular weight excluding hydrogens is 258 g/mol. The average molecular weight is 268 g/mol. The minimum Gasteiger partial charge on any atom is -0.497 e. The predicted molar refractivity (Wildman–Crippen MR) is 60.4 cm³/mol. The molecule has 0 fully saturated rings. The van der Waals surface area contributed by atoms with Crippen molar-refractivity contribution in [1.82, 2.24) is 0 Å². The van der Waals surface area contributed by atoms with E-state index in [0.717, 1.165) is 0 Å². The van der Waals surface area contributed by atoms with Crippen LogP contribution in [0.4, 0.5) is 0 Å². The largest absolute Gasteiger partial charge is 0.497 e. The molecule has 78 valence electrons. The summed E-state index contributed by atoms with van der Waals surface area (Å²) < 4.78 is 5.01. The van der Waals surface area contributed by atoms with E-state index in [1.54, 1.807) is 25.1 Å². The maximum absolute atomic E-state index is 11.7. The molecule has 0 N–H and O–H groups in total. The Balaban J connectivity index is 3.25. The van der Waals surface area contributed by atoms with Gasteiger partial charge in [-0.2, -0.15) is 5.26 Å². The second-order valence-corrected chi connectivity index (χ2v) is 4.38. The van der Waals surface area contributed by atoms with Crippen LogP contribution in [0, 0.1) is 11.3 Å². The predicted octanol–water partition coefficient (Wildman–Crippen LogP) is 2.53. The highest BCUT2D eigenvalue weighted by atomic mass is 79.9. The number of methoxy groups -OCH3 is 1. The van der Waals surface area contributed by atoms with Crippen molar-refractivity contribution in [2.24, 2.45) is 0 Å². The van der Waals surface area contributed by atoms with Gasteiger partial charge in [-0.3, -0.25) is 4.79 Å². The normalized spacial score (nSPS) is 11.6. The number of rotatable bonds is 3. The highest BCUT2D eigenvalue weighted by Gasteiger charge is 2.16. The molecule has 0 saturated carbocycles. The summed E-state index contributed by atoms with van der Waals surface area (Å²) in [7, 11) is 1.52. The number of nitriles is 1. The van der Waals surface area contributed by atoms with Crippen LogP contribution in [0.2, 0.25) is 0 Å². The van der Waals surface area contributed by atoms with E-state index in [9.17, 15) is 4.79 Å². The van der Waals surface area contributed by atoms with Gasteiger partial charge in [-0.15, -0.1) is 0 Å². The first-order chi connectivity index (χ1) is 7.10. The first-order valence-electron chi connectivity index (χ1n) is 4.36. The molecular formula is C11H10BrNO2. The maximum Gasteiger partial charge on any atom is 0.177 e. The molecule has 0 aliphatic heterocycles. The van der Waals surface area contributed by atoms with Crippen LogP contribution < -0.4 is 4.74 Å². The number of hydrogen-bond donors (Lipinski definition) is 0. The molecule has 0 radical (unpaired) electrons. The zero-order chi connectivity index (χ0) is 11.4. The van der Waals surface area contributed by atoms with Gasteiger partial charge in [0.2, 0.25) is 0 Å². The number of hydrogen-bond acceptors (Lipinski definition) is 3. The van der Waals surface area contributed by atoms with E-state index >= 15 is 0 Å². The molecule has 0 heterocycles. The Morgan fingerprint density at radius 1 is 1.60 bits per heavy atom. The lowest BCUT2D eigenvalue weighted by Gasteiger charge is -2.07. The Morgan fingerprint density at radius 2 is 2.27 bits per heavy atom. The molecule has 0 aliphatic carbocycles. The molecule has 0 spiro atoms. The van der Waals surface area contributed by atoms with E-state index in [0.29, 0.717) is 16.9 Å². The molecule has 15 heavy (non-hydrogen) atoms. The fourth-order valence-corrected chi connectivity index (χ4v) is 1.41. The summed E-state index contributed by atoms with van der Waals surface area (Å²) in [6.07, 6.45) is 0. The molecule has 1 rings (SSSR count). The second kappa shape index (κ2) is 4.94. The first kappa shape index (κ1) is 11.7. The second-order valence-electron chi connectivity index (χ2n) is 3.00. The highest BCUT2D eigenvalue weighted by molar-refractivity contribution is 9.10. The van der Waals surface area contributed by atoms with Crippen LogP contribution in [0.5, 0.6) is 5.75 Å². The molecule has 4 heteroatoms. The zero-order valence-electron chi connectivity index (χ0n) is 8.45. The Bertz CT molecular complexity index is 421. The zero-order valence-corrected chi connectivity index (χ0v) is 10.0. The number of halogens is 1. The summed E-state index contributed by atoms with van der Waals surface area (Å²) in [5.74, 6) is 0.455. The van der Waals surface area contributed by atoms with Crippen molar-refractivity contribution in [2.75, 3.05) is 7.11 Å². The van der Waals surface area contributed by atoms with Crippen LogP contribution in [-0.4, -0.2) is 17.7 Å². The molecule has 1 aromatic carbocycles. The third kappa shape index (κ3) is 2.57. The fourth-order valence-electron chi connectivity index (χ4n) is 1.17. The lowest BCUT2D eigenvalue weighted by Crippen LogP contribution is -2.11. The SMILES string of the molecule is COc1ccc(C#N)c(C(=O)C(C)Br)c1. The van der Waals surface area contributed by atoms with Crippen molar-refractivity contribution < 1.29 is 9.53 Å². The lowest BCUT2D eigenvalue weighted by molar-refractivity contribution is 0.0995. The van der Waals surface area contributed by atoms with Gasteiger partial charge in [-0.05, 0) is 25.1 Å². The molecule has 0 amide bonds. The topological polar surface area (TPSA) is 50.1 Å². The van der Waals surface area contributed by atoms with E-state index < -0.39 is 0 Å². The van der Waals surface area contributed by atoms with Gasteiger partial charge in [0.1, 0.15) is 5.75 Å². The smallest absolute Gasteiger partial charge is 0.177 e. The number of carbonyl (C=O) groups is 1. The van der Waals surface area contributed by atoms with E-state index in [2.05, 4.69) is 15.9 Å². The molecule has 0 aromatic heterocycles. The average Bonchev–Trinajstić information content (AvgIpc) is 2.27. The Hall–Kier alpha value is -1.34. The van der Waals surface area contributed by atoms with Gasteiger partial charge in [0.25, 0.3) is 0 Å². The quantitative estimate of drug-likeness (QED) is 0.625. The van der Waals surface area contributed by atoms with Gasteiger partial charge in [0.15, 0.2) is 5.78 Å². The van der Waals surface area contributed by atoms with Crippen molar-refractivity contribution in [2.45, 2.75) is 11.8 Å². The van der Waals surface area contributed by atoms with Crippen LogP contribution in [0.1, 0.15) is 22.8 Å². The van der Waals surface area contributed by atoms with Crippen molar-refractivity contribution in [3.8, 4) is 11.8 Å². The third-order valence-corrected chi connectivity index (χ3v) is 2.39. The molecule has 1 unspecified atom stereocenters. The standard InChI is InChI=1S/C11H10BrNO2/c1-7(12)11(14)10-5-9(15-2)4-3-8(10)6-13/h3-5,7H,1-2H3. The highest BCUT2D eigenvalue weighted by Crippen LogP contribution is 2.20. The Kier molecular flexibility index (Phi) is 3.87. The van der Waals surface area contributed by atoms with Crippen molar-refractivity contribution in [3.05, 3.63) is 29.3 Å². The van der Waals surface area contributed by atoms with Gasteiger partial charge >= 0.3 is 0 Å². The van der Waals surface area contributed by atoms with Crippen molar-refractivity contribution in [1.29, 1.82) is 5.26 Å². The lowest BCUT2D eigenvalue weighted by atomic mass is 10.0. The fraction of sp³-hybridized carbons (Fsp3) is 0.273. The minimum atomic E-state index is -0.309. The van der Waals surface area contributed by atoms with Gasteiger partial charge < -0.3 is 4.74 Å². The number of nitrogens with zero attached hydrogens (tertiary/aromatic N) is 1. The van der Waals surface area contributed by atoms with Gasteiger partial charge in [-0.1, -0.05) is 15.9 Å². The Labute approximate surface area is 96.8 Å². The van der Waals surface area contributed by atoms with Crippen LogP contribution >= 0.6 is 15.9 Å². The molecule has 0 aliphatic rings. The number of ether oxygens (including phenoxy) is 1. The first-order valence-corrected chi connectivity index (χ1v) is 5.28. The van der Waals surface area contributed by atoms with Crippen LogP contribution in [0.25, 0.3) is 0 Å². The number of ketones is 1. The summed E-state index contributed by atoms with van der Waals surface area (Å²) in [5, 5.41) is 8.85. The van der Waals surface area contributed by atoms with E-state index in [4.69, 9.17) is 10.00 Å². The maximum atomic E-state index is 11.7. The van der Waals surface area contributed by atoms with E-state index in [-0.39, 0.29) is 10.6 Å². The Morgan fingerprint density at radius 3 is 2.73 bits per heavy atom. The molecule has 1 atom stereocenters.